The molecule has 0 radical (unpaired) electrons. The summed E-state index contributed by atoms with van der Waals surface area (Å²) < 4.78 is 20.2. The Morgan fingerprint density at radius 1 is 1.36 bits per heavy atom. The first kappa shape index (κ1) is 17.7. The molecule has 132 valence electrons. The van der Waals surface area contributed by atoms with Gasteiger partial charge in [-0.2, -0.15) is 0 Å². The number of fused-ring (bicyclic) bond motifs is 1. The Labute approximate surface area is 151 Å². The van der Waals surface area contributed by atoms with E-state index < -0.39 is 12.0 Å². The Morgan fingerprint density at radius 2 is 2.16 bits per heavy atom. The molecule has 25 heavy (non-hydrogen) atoms. The highest BCUT2D eigenvalue weighted by molar-refractivity contribution is 6.31. The highest BCUT2D eigenvalue weighted by Crippen LogP contribution is 2.25. The molecule has 0 spiro atoms. The normalized spacial score (nSPS) is 14.6. The zero-order valence-electron chi connectivity index (χ0n) is 14.2. The van der Waals surface area contributed by atoms with Gasteiger partial charge in [0.1, 0.15) is 11.6 Å². The van der Waals surface area contributed by atoms with Crippen molar-refractivity contribution in [3.8, 4) is 5.75 Å². The predicted octanol–water partition coefficient (Wildman–Crippen LogP) is 3.84. The van der Waals surface area contributed by atoms with Gasteiger partial charge >= 0.3 is 0 Å². The third kappa shape index (κ3) is 3.94. The molecule has 2 N–H and O–H groups in total. The van der Waals surface area contributed by atoms with Gasteiger partial charge < -0.3 is 15.4 Å². The molecule has 0 aliphatic carbocycles. The zero-order chi connectivity index (χ0) is 18.0. The van der Waals surface area contributed by atoms with Crippen molar-refractivity contribution in [2.75, 3.05) is 11.9 Å². The molecule has 3 rings (SSSR count). The molecule has 0 fully saturated rings. The van der Waals surface area contributed by atoms with E-state index >= 15 is 0 Å². The lowest BCUT2D eigenvalue weighted by Crippen LogP contribution is -2.31. The van der Waals surface area contributed by atoms with E-state index in [9.17, 15) is 9.18 Å². The molecule has 2 aromatic carbocycles. The maximum Gasteiger partial charge on any atom is 0.265 e. The molecule has 4 nitrogen and oxygen atoms in total. The standard InChI is InChI=1S/C19H20ClFN2O2/c1-11-9-14(4-5-16(11)20)25-12(2)19(24)23-17-6-3-13-10-22-8-7-15(13)18(17)21/h3-6,9,12,22H,7-8,10H2,1-2H3,(H,23,24). The lowest BCUT2D eigenvalue weighted by Gasteiger charge is -2.20. The highest BCUT2D eigenvalue weighted by atomic mass is 35.5. The van der Waals surface area contributed by atoms with Gasteiger partial charge in [-0.1, -0.05) is 17.7 Å². The fourth-order valence-corrected chi connectivity index (χ4v) is 2.93. The monoisotopic (exact) mass is 362 g/mol. The van der Waals surface area contributed by atoms with Crippen LogP contribution < -0.4 is 15.4 Å². The average Bonchev–Trinajstić information content (AvgIpc) is 2.60. The van der Waals surface area contributed by atoms with E-state index in [1.807, 2.05) is 13.0 Å². The minimum absolute atomic E-state index is 0.188. The Kier molecular flexibility index (Phi) is 5.25. The van der Waals surface area contributed by atoms with E-state index in [2.05, 4.69) is 10.6 Å². The van der Waals surface area contributed by atoms with Gasteiger partial charge in [-0.05, 0) is 67.8 Å². The zero-order valence-corrected chi connectivity index (χ0v) is 14.9. The summed E-state index contributed by atoms with van der Waals surface area (Å²) in [5, 5.41) is 6.45. The average molecular weight is 363 g/mol. The molecule has 1 unspecified atom stereocenters. The maximum atomic E-state index is 14.6. The summed E-state index contributed by atoms with van der Waals surface area (Å²) in [4.78, 5) is 12.3. The van der Waals surface area contributed by atoms with E-state index in [0.29, 0.717) is 29.3 Å². The van der Waals surface area contributed by atoms with Gasteiger partial charge in [0.15, 0.2) is 6.10 Å². The first-order valence-corrected chi connectivity index (χ1v) is 8.58. The van der Waals surface area contributed by atoms with Crippen molar-refractivity contribution in [2.24, 2.45) is 0 Å². The second-order valence-electron chi connectivity index (χ2n) is 6.15. The molecule has 1 amide bonds. The summed E-state index contributed by atoms with van der Waals surface area (Å²) in [6.45, 7) is 4.86. The number of amides is 1. The molecule has 0 aromatic heterocycles. The van der Waals surface area contributed by atoms with Crippen LogP contribution in [-0.4, -0.2) is 18.6 Å². The number of aryl methyl sites for hydroxylation is 1. The minimum atomic E-state index is -0.766. The minimum Gasteiger partial charge on any atom is -0.481 e. The number of carbonyl (C=O) groups excluding carboxylic acids is 1. The quantitative estimate of drug-likeness (QED) is 0.868. The van der Waals surface area contributed by atoms with Crippen LogP contribution in [0.1, 0.15) is 23.6 Å². The molecule has 0 saturated heterocycles. The summed E-state index contributed by atoms with van der Waals surface area (Å²) >= 11 is 5.98. The van der Waals surface area contributed by atoms with Crippen molar-refractivity contribution in [3.05, 3.63) is 57.9 Å². The Balaban J connectivity index is 1.70. The molecule has 1 aliphatic rings. The third-order valence-electron chi connectivity index (χ3n) is 4.28. The summed E-state index contributed by atoms with van der Waals surface area (Å²) in [6, 6.07) is 8.62. The summed E-state index contributed by atoms with van der Waals surface area (Å²) in [7, 11) is 0. The molecular weight excluding hydrogens is 343 g/mol. The maximum absolute atomic E-state index is 14.6. The molecule has 1 heterocycles. The van der Waals surface area contributed by atoms with Crippen molar-refractivity contribution >= 4 is 23.2 Å². The molecule has 0 saturated carbocycles. The lowest BCUT2D eigenvalue weighted by atomic mass is 9.99. The first-order valence-electron chi connectivity index (χ1n) is 8.20. The topological polar surface area (TPSA) is 50.4 Å². The van der Waals surface area contributed by atoms with Gasteiger partial charge in [0.05, 0.1) is 5.69 Å². The molecule has 1 aliphatic heterocycles. The smallest absolute Gasteiger partial charge is 0.265 e. The molecular formula is C19H20ClFN2O2. The first-order chi connectivity index (χ1) is 12.0. The van der Waals surface area contributed by atoms with Crippen molar-refractivity contribution in [3.63, 3.8) is 0 Å². The van der Waals surface area contributed by atoms with Crippen LogP contribution >= 0.6 is 11.6 Å². The van der Waals surface area contributed by atoms with Crippen molar-refractivity contribution in [1.29, 1.82) is 0 Å². The van der Waals surface area contributed by atoms with E-state index in [4.69, 9.17) is 16.3 Å². The lowest BCUT2D eigenvalue weighted by molar-refractivity contribution is -0.122. The molecule has 6 heteroatoms. The molecule has 2 aromatic rings. The second-order valence-corrected chi connectivity index (χ2v) is 6.56. The number of anilines is 1. The summed E-state index contributed by atoms with van der Waals surface area (Å²) in [5.74, 6) is -0.219. The van der Waals surface area contributed by atoms with Crippen LogP contribution in [0.25, 0.3) is 0 Å². The number of nitrogens with one attached hydrogen (secondary N) is 2. The summed E-state index contributed by atoms with van der Waals surface area (Å²) in [5.41, 5.74) is 2.65. The van der Waals surface area contributed by atoms with Crippen molar-refractivity contribution < 1.29 is 13.9 Å². The third-order valence-corrected chi connectivity index (χ3v) is 4.70. The van der Waals surface area contributed by atoms with Crippen LogP contribution in [0.3, 0.4) is 0 Å². The number of benzene rings is 2. The van der Waals surface area contributed by atoms with Gasteiger partial charge in [0, 0.05) is 11.6 Å². The van der Waals surface area contributed by atoms with Crippen LogP contribution in [0.2, 0.25) is 5.02 Å². The Morgan fingerprint density at radius 3 is 2.92 bits per heavy atom. The van der Waals surface area contributed by atoms with E-state index in [1.165, 1.54) is 0 Å². The predicted molar refractivity (Wildman–Crippen MR) is 96.7 cm³/mol. The number of hydrogen-bond acceptors (Lipinski definition) is 3. The van der Waals surface area contributed by atoms with Crippen LogP contribution in [0.4, 0.5) is 10.1 Å². The number of ether oxygens (including phenoxy) is 1. The van der Waals surface area contributed by atoms with E-state index in [1.54, 1.807) is 31.2 Å². The van der Waals surface area contributed by atoms with E-state index in [-0.39, 0.29) is 11.5 Å². The van der Waals surface area contributed by atoms with Gasteiger partial charge in [-0.3, -0.25) is 4.79 Å². The van der Waals surface area contributed by atoms with Gasteiger partial charge in [-0.25, -0.2) is 4.39 Å². The SMILES string of the molecule is Cc1cc(OC(C)C(=O)Nc2ccc3c(c2F)CCNC3)ccc1Cl. The number of carbonyl (C=O) groups is 1. The summed E-state index contributed by atoms with van der Waals surface area (Å²) in [6.07, 6.45) is -0.154. The molecule has 1 atom stereocenters. The fourth-order valence-electron chi connectivity index (χ4n) is 2.81. The van der Waals surface area contributed by atoms with E-state index in [0.717, 1.165) is 17.7 Å². The van der Waals surface area contributed by atoms with Gasteiger partial charge in [-0.15, -0.1) is 0 Å². The second kappa shape index (κ2) is 7.42. The van der Waals surface area contributed by atoms with Gasteiger partial charge in [0.2, 0.25) is 0 Å². The Bertz CT molecular complexity index is 810. The highest BCUT2D eigenvalue weighted by Gasteiger charge is 2.20. The van der Waals surface area contributed by atoms with Crippen LogP contribution in [0.15, 0.2) is 30.3 Å². The largest absolute Gasteiger partial charge is 0.481 e. The number of halogens is 2. The Hall–Kier alpha value is -2.11. The fraction of sp³-hybridized carbons (Fsp3) is 0.316. The number of hydrogen-bond donors (Lipinski definition) is 2. The van der Waals surface area contributed by atoms with Crippen molar-refractivity contribution in [2.45, 2.75) is 32.9 Å². The van der Waals surface area contributed by atoms with Crippen molar-refractivity contribution in [1.82, 2.24) is 5.32 Å². The van der Waals surface area contributed by atoms with Crippen LogP contribution in [-0.2, 0) is 17.8 Å². The van der Waals surface area contributed by atoms with Crippen LogP contribution in [0, 0.1) is 12.7 Å². The number of rotatable bonds is 4. The van der Waals surface area contributed by atoms with Crippen LogP contribution in [0.5, 0.6) is 5.75 Å². The van der Waals surface area contributed by atoms with Gasteiger partial charge in [0.25, 0.3) is 5.91 Å². The molecule has 0 bridgehead atoms.